The highest BCUT2D eigenvalue weighted by atomic mass is 16.5. The van der Waals surface area contributed by atoms with Crippen LogP contribution < -0.4 is 4.90 Å². The highest BCUT2D eigenvalue weighted by Gasteiger charge is 2.39. The van der Waals surface area contributed by atoms with Gasteiger partial charge in [-0.3, -0.25) is 4.79 Å². The Balaban J connectivity index is 1.77. The highest BCUT2D eigenvalue weighted by molar-refractivity contribution is 5.74. The first-order chi connectivity index (χ1) is 13.7. The minimum Gasteiger partial charge on any atom is -0.370 e. The molecule has 0 N–H and O–H groups in total. The molecule has 1 aliphatic carbocycles. The van der Waals surface area contributed by atoms with Gasteiger partial charge < -0.3 is 14.5 Å². The summed E-state index contributed by atoms with van der Waals surface area (Å²) in [5.41, 5.74) is 3.85. The van der Waals surface area contributed by atoms with Crippen molar-refractivity contribution in [2.75, 3.05) is 24.5 Å². The number of ether oxygens (including phenoxy) is 1. The second kappa shape index (κ2) is 7.28. The second-order valence-corrected chi connectivity index (χ2v) is 9.73. The Morgan fingerprint density at radius 1 is 1.28 bits per heavy atom. The van der Waals surface area contributed by atoms with E-state index in [1.807, 2.05) is 4.90 Å². The molecule has 6 nitrogen and oxygen atoms in total. The molecule has 29 heavy (non-hydrogen) atoms. The van der Waals surface area contributed by atoms with Crippen LogP contribution in [0.2, 0.25) is 0 Å². The van der Waals surface area contributed by atoms with Gasteiger partial charge in [0.2, 0.25) is 5.91 Å². The van der Waals surface area contributed by atoms with Gasteiger partial charge in [0.25, 0.3) is 0 Å². The third-order valence-electron chi connectivity index (χ3n) is 6.60. The molecule has 0 unspecified atom stereocenters. The lowest BCUT2D eigenvalue weighted by Crippen LogP contribution is -2.57. The summed E-state index contributed by atoms with van der Waals surface area (Å²) in [7, 11) is 0. The van der Waals surface area contributed by atoms with Crippen molar-refractivity contribution in [2.45, 2.75) is 78.0 Å². The molecule has 156 valence electrons. The minimum absolute atomic E-state index is 0.125. The number of nitriles is 1. The van der Waals surface area contributed by atoms with Gasteiger partial charge >= 0.3 is 0 Å². The van der Waals surface area contributed by atoms with Crippen LogP contribution in [0.4, 0.5) is 5.82 Å². The largest absolute Gasteiger partial charge is 0.370 e. The van der Waals surface area contributed by atoms with Crippen LogP contribution in [0.3, 0.4) is 0 Å². The summed E-state index contributed by atoms with van der Waals surface area (Å²) >= 11 is 0. The van der Waals surface area contributed by atoms with Crippen molar-refractivity contribution < 1.29 is 9.53 Å². The quantitative estimate of drug-likeness (QED) is 0.783. The number of hydrogen-bond donors (Lipinski definition) is 0. The average Bonchev–Trinajstić information content (AvgIpc) is 3.50. The van der Waals surface area contributed by atoms with Crippen LogP contribution in [0.25, 0.3) is 0 Å². The zero-order chi connectivity index (χ0) is 20.9. The van der Waals surface area contributed by atoms with E-state index in [1.165, 1.54) is 12.8 Å². The Labute approximate surface area is 173 Å². The van der Waals surface area contributed by atoms with Gasteiger partial charge in [-0.2, -0.15) is 5.26 Å². The normalized spacial score (nSPS) is 23.7. The third-order valence-corrected chi connectivity index (χ3v) is 6.60. The number of amides is 1. The van der Waals surface area contributed by atoms with Crippen LogP contribution in [-0.4, -0.2) is 47.1 Å². The van der Waals surface area contributed by atoms with Crippen molar-refractivity contribution in [1.82, 2.24) is 9.88 Å². The van der Waals surface area contributed by atoms with Gasteiger partial charge in [0, 0.05) is 44.5 Å². The number of carbonyl (C=O) groups is 1. The molecule has 1 aromatic heterocycles. The molecule has 0 aromatic carbocycles. The van der Waals surface area contributed by atoms with Crippen molar-refractivity contribution in [3.63, 3.8) is 0 Å². The molecular formula is C23H32N4O2. The Morgan fingerprint density at radius 3 is 2.59 bits per heavy atom. The Bertz CT molecular complexity index is 867. The topological polar surface area (TPSA) is 69.5 Å². The Morgan fingerprint density at radius 2 is 2.00 bits per heavy atom. The van der Waals surface area contributed by atoms with Crippen LogP contribution in [0.15, 0.2) is 0 Å². The smallest absolute Gasteiger partial charge is 0.219 e. The molecule has 1 saturated carbocycles. The standard InChI is InChI=1S/C23H32N4O2/c1-14(2)20-12-26(8-9-27(20)15(3)28)22-18(11-24)17-10-23(4,5)29-13-19(17)21(25-22)16-6-7-16/h14,16,20H,6-10,12-13H2,1-5H3/t20-/m0/s1. The van der Waals surface area contributed by atoms with Crippen molar-refractivity contribution >= 4 is 11.7 Å². The van der Waals surface area contributed by atoms with Gasteiger partial charge in [0.05, 0.1) is 29.5 Å². The Kier molecular flexibility index (Phi) is 5.06. The van der Waals surface area contributed by atoms with E-state index in [4.69, 9.17) is 9.72 Å². The second-order valence-electron chi connectivity index (χ2n) is 9.73. The van der Waals surface area contributed by atoms with Gasteiger partial charge in [0.1, 0.15) is 11.9 Å². The fraction of sp³-hybridized carbons (Fsp3) is 0.696. The fourth-order valence-corrected chi connectivity index (χ4v) is 4.78. The number of fused-ring (bicyclic) bond motifs is 1. The highest BCUT2D eigenvalue weighted by Crippen LogP contribution is 2.45. The number of nitrogens with zero attached hydrogens (tertiary/aromatic N) is 4. The van der Waals surface area contributed by atoms with E-state index in [1.54, 1.807) is 6.92 Å². The maximum atomic E-state index is 12.1. The molecule has 1 atom stereocenters. The number of rotatable bonds is 3. The molecular weight excluding hydrogens is 364 g/mol. The molecule has 2 fully saturated rings. The van der Waals surface area contributed by atoms with Crippen LogP contribution in [0.1, 0.15) is 75.8 Å². The van der Waals surface area contributed by atoms with E-state index in [0.29, 0.717) is 37.1 Å². The van der Waals surface area contributed by atoms with E-state index in [2.05, 4.69) is 38.7 Å². The molecule has 4 rings (SSSR count). The maximum Gasteiger partial charge on any atom is 0.219 e. The fourth-order valence-electron chi connectivity index (χ4n) is 4.78. The Hall–Kier alpha value is -2.13. The summed E-state index contributed by atoms with van der Waals surface area (Å²) < 4.78 is 6.08. The maximum absolute atomic E-state index is 12.1. The van der Waals surface area contributed by atoms with Crippen molar-refractivity contribution in [3.8, 4) is 6.07 Å². The number of aromatic nitrogens is 1. The van der Waals surface area contributed by atoms with Gasteiger partial charge in [-0.05, 0) is 38.2 Å². The predicted molar refractivity (Wildman–Crippen MR) is 112 cm³/mol. The van der Waals surface area contributed by atoms with E-state index >= 15 is 0 Å². The monoisotopic (exact) mass is 396 g/mol. The van der Waals surface area contributed by atoms with Crippen LogP contribution in [0.5, 0.6) is 0 Å². The molecule has 3 aliphatic rings. The molecule has 0 radical (unpaired) electrons. The first-order valence-corrected chi connectivity index (χ1v) is 10.8. The van der Waals surface area contributed by atoms with E-state index in [0.717, 1.165) is 35.6 Å². The van der Waals surface area contributed by atoms with Crippen LogP contribution >= 0.6 is 0 Å². The van der Waals surface area contributed by atoms with E-state index in [9.17, 15) is 10.1 Å². The number of pyridine rings is 1. The summed E-state index contributed by atoms with van der Waals surface area (Å²) in [5.74, 6) is 1.79. The SMILES string of the molecule is CC(=O)N1CCN(c2nc(C3CC3)c3c(c2C#N)CC(C)(C)OC3)C[C@H]1C(C)C. The van der Waals surface area contributed by atoms with Gasteiger partial charge in [-0.1, -0.05) is 13.8 Å². The lowest BCUT2D eigenvalue weighted by atomic mass is 9.87. The van der Waals surface area contributed by atoms with Crippen LogP contribution in [0, 0.1) is 17.2 Å². The molecule has 1 amide bonds. The van der Waals surface area contributed by atoms with Gasteiger partial charge in [-0.15, -0.1) is 0 Å². The zero-order valence-corrected chi connectivity index (χ0v) is 18.3. The molecule has 0 bridgehead atoms. The van der Waals surface area contributed by atoms with Crippen molar-refractivity contribution in [2.24, 2.45) is 5.92 Å². The van der Waals surface area contributed by atoms with Gasteiger partial charge in [0.15, 0.2) is 0 Å². The molecule has 3 heterocycles. The average molecular weight is 397 g/mol. The van der Waals surface area contributed by atoms with Crippen molar-refractivity contribution in [1.29, 1.82) is 5.26 Å². The summed E-state index contributed by atoms with van der Waals surface area (Å²) in [6, 6.07) is 2.62. The van der Waals surface area contributed by atoms with E-state index < -0.39 is 0 Å². The molecule has 2 aliphatic heterocycles. The minimum atomic E-state index is -0.272. The summed E-state index contributed by atoms with van der Waals surface area (Å²) in [6.45, 7) is 12.8. The van der Waals surface area contributed by atoms with Crippen LogP contribution in [-0.2, 0) is 22.6 Å². The van der Waals surface area contributed by atoms with Gasteiger partial charge in [-0.25, -0.2) is 4.98 Å². The third kappa shape index (κ3) is 3.73. The molecule has 0 spiro atoms. The number of piperazine rings is 1. The molecule has 6 heteroatoms. The summed E-state index contributed by atoms with van der Waals surface area (Å²) in [4.78, 5) is 21.4. The van der Waals surface area contributed by atoms with E-state index in [-0.39, 0.29) is 17.6 Å². The predicted octanol–water partition coefficient (Wildman–Crippen LogP) is 3.38. The summed E-state index contributed by atoms with van der Waals surface area (Å²) in [5, 5.41) is 10.1. The number of carbonyl (C=O) groups excluding carboxylic acids is 1. The lowest BCUT2D eigenvalue weighted by Gasteiger charge is -2.44. The number of hydrogen-bond acceptors (Lipinski definition) is 5. The molecule has 1 saturated heterocycles. The number of anilines is 1. The van der Waals surface area contributed by atoms with Crippen molar-refractivity contribution in [3.05, 3.63) is 22.4 Å². The first-order valence-electron chi connectivity index (χ1n) is 10.8. The zero-order valence-electron chi connectivity index (χ0n) is 18.3. The summed E-state index contributed by atoms with van der Waals surface area (Å²) in [6.07, 6.45) is 3.07. The lowest BCUT2D eigenvalue weighted by molar-refractivity contribution is -0.132. The first kappa shape index (κ1) is 20.2. The molecule has 1 aromatic rings.